The molecule has 2 heterocycles. The Bertz CT molecular complexity index is 1290. The topological polar surface area (TPSA) is 190 Å². The molecule has 11 nitrogen and oxygen atoms in total. The van der Waals surface area contributed by atoms with E-state index in [1.165, 1.54) is 13.0 Å². The first-order valence-corrected chi connectivity index (χ1v) is 9.99. The van der Waals surface area contributed by atoms with E-state index in [4.69, 9.17) is 25.5 Å². The second kappa shape index (κ2) is 8.28. The molecule has 1 fully saturated rings. The van der Waals surface area contributed by atoms with E-state index in [-0.39, 0.29) is 16.9 Å². The molecule has 7 N–H and O–H groups in total. The summed E-state index contributed by atoms with van der Waals surface area (Å²) in [5.74, 6) is -3.31. The number of hydrogen-bond donors (Lipinski definition) is 7. The Morgan fingerprint density at radius 1 is 0.939 bits per heavy atom. The van der Waals surface area contributed by atoms with Gasteiger partial charge in [-0.25, -0.2) is 0 Å². The summed E-state index contributed by atoms with van der Waals surface area (Å²) < 4.78 is 16.6. The van der Waals surface area contributed by atoms with Crippen LogP contribution in [0.2, 0.25) is 5.02 Å². The first-order valence-electron chi connectivity index (χ1n) is 9.61. The summed E-state index contributed by atoms with van der Waals surface area (Å²) >= 11 is 5.84. The highest BCUT2D eigenvalue weighted by molar-refractivity contribution is 6.34. The lowest BCUT2D eigenvalue weighted by Gasteiger charge is -2.38. The molecule has 1 aliphatic heterocycles. The molecule has 0 radical (unpaired) electrons. The van der Waals surface area contributed by atoms with Crippen molar-refractivity contribution in [1.82, 2.24) is 0 Å². The van der Waals surface area contributed by atoms with Crippen LogP contribution < -0.4 is 10.2 Å². The lowest BCUT2D eigenvalue weighted by Crippen LogP contribution is -2.58. The standard InChI is InChI=1S/C21H19ClO11/c1-6-14(26)17(29)18(30)21(31-6)33-20-16(28)12-11(5-10(25)13(22)15(12)27)32-19(20)7-2-3-8(23)9(24)4-7/h2-6,14,17-18,21,23-27,29-30H,1H3/t6-,14-,17+,18+,21-/m0/s1. The Morgan fingerprint density at radius 3 is 2.30 bits per heavy atom. The molecule has 12 heteroatoms. The normalized spacial score (nSPS) is 25.3. The van der Waals surface area contributed by atoms with E-state index in [1.54, 1.807) is 0 Å². The monoisotopic (exact) mass is 482 g/mol. The maximum atomic E-state index is 13.3. The van der Waals surface area contributed by atoms with E-state index in [2.05, 4.69) is 0 Å². The van der Waals surface area contributed by atoms with Gasteiger partial charge in [0.15, 0.2) is 23.0 Å². The van der Waals surface area contributed by atoms with Crippen molar-refractivity contribution in [1.29, 1.82) is 0 Å². The van der Waals surface area contributed by atoms with E-state index in [0.717, 1.165) is 18.2 Å². The number of benzene rings is 2. The molecule has 5 atom stereocenters. The average molecular weight is 483 g/mol. The second-order valence-electron chi connectivity index (χ2n) is 7.52. The summed E-state index contributed by atoms with van der Waals surface area (Å²) in [6.07, 6.45) is -7.48. The highest BCUT2D eigenvalue weighted by Crippen LogP contribution is 2.42. The molecule has 3 aromatic rings. The summed E-state index contributed by atoms with van der Waals surface area (Å²) in [6.45, 7) is 1.41. The van der Waals surface area contributed by atoms with Crippen LogP contribution in [0, 0.1) is 0 Å². The van der Waals surface area contributed by atoms with Gasteiger partial charge in [0.25, 0.3) is 0 Å². The smallest absolute Gasteiger partial charge is 0.239 e. The summed E-state index contributed by atoms with van der Waals surface area (Å²) in [5, 5.41) is 69.0. The number of aliphatic hydroxyl groups is 3. The zero-order valence-electron chi connectivity index (χ0n) is 16.8. The van der Waals surface area contributed by atoms with Crippen molar-refractivity contribution in [2.75, 3.05) is 0 Å². The highest BCUT2D eigenvalue weighted by atomic mass is 35.5. The Hall–Kier alpha value is -3.22. The molecule has 0 aliphatic carbocycles. The molecule has 2 aromatic carbocycles. The predicted molar refractivity (Wildman–Crippen MR) is 113 cm³/mol. The molecular formula is C21H19ClO11. The molecule has 1 aromatic heterocycles. The first kappa shape index (κ1) is 23.0. The van der Waals surface area contributed by atoms with Gasteiger partial charge in [0.05, 0.1) is 6.10 Å². The van der Waals surface area contributed by atoms with Crippen molar-refractivity contribution in [3.8, 4) is 40.1 Å². The number of phenolic OH excluding ortho intramolecular Hbond substituents is 4. The minimum Gasteiger partial charge on any atom is -0.506 e. The van der Waals surface area contributed by atoms with Gasteiger partial charge in [0, 0.05) is 11.6 Å². The average Bonchev–Trinajstić information content (AvgIpc) is 2.77. The number of fused-ring (bicyclic) bond motifs is 1. The summed E-state index contributed by atoms with van der Waals surface area (Å²) in [5.41, 5.74) is -1.24. The molecule has 0 bridgehead atoms. The third-order valence-corrected chi connectivity index (χ3v) is 5.69. The van der Waals surface area contributed by atoms with Crippen LogP contribution in [-0.2, 0) is 4.74 Å². The second-order valence-corrected chi connectivity index (χ2v) is 7.90. The Kier molecular flexibility index (Phi) is 5.76. The number of halogens is 1. The van der Waals surface area contributed by atoms with Crippen LogP contribution in [0.5, 0.6) is 28.7 Å². The molecule has 176 valence electrons. The van der Waals surface area contributed by atoms with E-state index in [1.807, 2.05) is 0 Å². The van der Waals surface area contributed by atoms with E-state index in [0.29, 0.717) is 0 Å². The van der Waals surface area contributed by atoms with Gasteiger partial charge in [0.1, 0.15) is 40.1 Å². The molecule has 33 heavy (non-hydrogen) atoms. The van der Waals surface area contributed by atoms with Gasteiger partial charge in [-0.3, -0.25) is 4.79 Å². The molecule has 0 spiro atoms. The van der Waals surface area contributed by atoms with E-state index < -0.39 is 75.3 Å². The van der Waals surface area contributed by atoms with Crippen LogP contribution in [0.15, 0.2) is 33.5 Å². The summed E-state index contributed by atoms with van der Waals surface area (Å²) in [4.78, 5) is 13.3. The van der Waals surface area contributed by atoms with E-state index in [9.17, 15) is 40.5 Å². The van der Waals surface area contributed by atoms with Crippen molar-refractivity contribution < 1.29 is 49.6 Å². The third-order valence-electron chi connectivity index (χ3n) is 5.32. The number of aromatic hydroxyl groups is 4. The van der Waals surface area contributed by atoms with Crippen molar-refractivity contribution >= 4 is 22.6 Å². The van der Waals surface area contributed by atoms with Gasteiger partial charge in [0.2, 0.25) is 17.5 Å². The van der Waals surface area contributed by atoms with Crippen molar-refractivity contribution in [2.24, 2.45) is 0 Å². The maximum absolute atomic E-state index is 13.3. The lowest BCUT2D eigenvalue weighted by molar-refractivity contribution is -0.268. The molecular weight excluding hydrogens is 464 g/mol. The quantitative estimate of drug-likeness (QED) is 0.265. The number of aliphatic hydroxyl groups excluding tert-OH is 3. The zero-order chi connectivity index (χ0) is 24.2. The number of ether oxygens (including phenoxy) is 2. The predicted octanol–water partition coefficient (Wildman–Crippen LogP) is 1.14. The number of phenols is 4. The Morgan fingerprint density at radius 2 is 1.64 bits per heavy atom. The van der Waals surface area contributed by atoms with Crippen LogP contribution in [0.25, 0.3) is 22.3 Å². The summed E-state index contributed by atoms with van der Waals surface area (Å²) in [6, 6.07) is 4.44. The molecule has 1 aliphatic rings. The van der Waals surface area contributed by atoms with Crippen LogP contribution in [0.4, 0.5) is 0 Å². The highest BCUT2D eigenvalue weighted by Gasteiger charge is 2.44. The lowest BCUT2D eigenvalue weighted by atomic mass is 10.00. The molecule has 4 rings (SSSR count). The van der Waals surface area contributed by atoms with Crippen LogP contribution in [-0.4, -0.2) is 66.5 Å². The first-order chi connectivity index (χ1) is 15.5. The molecule has 0 unspecified atom stereocenters. The Labute approximate surface area is 189 Å². The zero-order valence-corrected chi connectivity index (χ0v) is 17.6. The minimum atomic E-state index is -1.77. The number of rotatable bonds is 3. The van der Waals surface area contributed by atoms with Crippen molar-refractivity contribution in [3.05, 3.63) is 39.5 Å². The van der Waals surface area contributed by atoms with Gasteiger partial charge in [-0.2, -0.15) is 0 Å². The van der Waals surface area contributed by atoms with Crippen molar-refractivity contribution in [3.63, 3.8) is 0 Å². The van der Waals surface area contributed by atoms with Crippen molar-refractivity contribution in [2.45, 2.75) is 37.6 Å². The maximum Gasteiger partial charge on any atom is 0.239 e. The van der Waals surface area contributed by atoms with Gasteiger partial charge < -0.3 is 49.6 Å². The van der Waals surface area contributed by atoms with E-state index >= 15 is 0 Å². The molecule has 0 saturated carbocycles. The fourth-order valence-corrected chi connectivity index (χ4v) is 3.62. The number of hydrogen-bond acceptors (Lipinski definition) is 11. The van der Waals surface area contributed by atoms with Gasteiger partial charge in [-0.05, 0) is 25.1 Å². The Balaban J connectivity index is 1.95. The van der Waals surface area contributed by atoms with Crippen LogP contribution in [0.3, 0.4) is 0 Å². The van der Waals surface area contributed by atoms with Crippen LogP contribution >= 0.6 is 11.6 Å². The minimum absolute atomic E-state index is 0.0344. The summed E-state index contributed by atoms with van der Waals surface area (Å²) in [7, 11) is 0. The van der Waals surface area contributed by atoms with Gasteiger partial charge in [-0.1, -0.05) is 11.6 Å². The SMILES string of the molecule is C[C@@H]1O[C@@H](Oc2c(-c3ccc(O)c(O)c3)oc3cc(O)c(Cl)c(O)c3c2=O)[C@H](O)[C@H](O)[C@H]1O. The third kappa shape index (κ3) is 3.79. The molecule has 0 amide bonds. The fraction of sp³-hybridized carbons (Fsp3) is 0.286. The van der Waals surface area contributed by atoms with Gasteiger partial charge >= 0.3 is 0 Å². The van der Waals surface area contributed by atoms with Crippen LogP contribution in [0.1, 0.15) is 6.92 Å². The molecule has 1 saturated heterocycles. The largest absolute Gasteiger partial charge is 0.506 e. The van der Waals surface area contributed by atoms with Gasteiger partial charge in [-0.15, -0.1) is 0 Å². The fourth-order valence-electron chi connectivity index (χ4n) is 3.47.